The molecule has 0 spiro atoms. The number of amides is 1. The van der Waals surface area contributed by atoms with Gasteiger partial charge in [-0.25, -0.2) is 9.78 Å². The molecule has 0 fully saturated rings. The predicted octanol–water partition coefficient (Wildman–Crippen LogP) is 6.41. The van der Waals surface area contributed by atoms with Crippen LogP contribution in [0.5, 0.6) is 5.75 Å². The fourth-order valence-corrected chi connectivity index (χ4v) is 4.30. The quantitative estimate of drug-likeness (QED) is 0.153. The van der Waals surface area contributed by atoms with Crippen LogP contribution in [0.3, 0.4) is 0 Å². The highest BCUT2D eigenvalue weighted by Crippen LogP contribution is 2.33. The molecule has 2 N–H and O–H groups in total. The second-order valence-electron chi connectivity index (χ2n) is 8.62. The first-order chi connectivity index (χ1) is 17.4. The Balaban J connectivity index is 1.45. The summed E-state index contributed by atoms with van der Waals surface area (Å²) < 4.78 is 5.91. The maximum atomic E-state index is 12.2. The fraction of sp³-hybridized carbons (Fsp3) is 0.214. The van der Waals surface area contributed by atoms with Crippen molar-refractivity contribution in [2.75, 3.05) is 0 Å². The first-order valence-corrected chi connectivity index (χ1v) is 12.1. The van der Waals surface area contributed by atoms with E-state index in [-0.39, 0.29) is 0 Å². The number of hydrogen-bond donors (Lipinski definition) is 1. The lowest BCUT2D eigenvalue weighted by Gasteiger charge is -2.29. The number of fused-ring (bicyclic) bond motifs is 1. The summed E-state index contributed by atoms with van der Waals surface area (Å²) in [6.45, 7) is 1.51. The van der Waals surface area contributed by atoms with Crippen LogP contribution in [0.2, 0.25) is 5.02 Å². The fourth-order valence-electron chi connectivity index (χ4n) is 4.17. The van der Waals surface area contributed by atoms with Crippen molar-refractivity contribution in [2.45, 2.75) is 38.8 Å². The van der Waals surface area contributed by atoms with Gasteiger partial charge in [-0.3, -0.25) is 0 Å². The second-order valence-corrected chi connectivity index (χ2v) is 9.06. The van der Waals surface area contributed by atoms with Crippen LogP contribution in [0.1, 0.15) is 42.6 Å². The molecule has 36 heavy (non-hydrogen) atoms. The summed E-state index contributed by atoms with van der Waals surface area (Å²) in [6.07, 6.45) is 1.80. The van der Waals surface area contributed by atoms with Gasteiger partial charge in [-0.15, -0.1) is 0 Å². The van der Waals surface area contributed by atoms with E-state index in [4.69, 9.17) is 22.2 Å². The smallest absolute Gasteiger partial charge is 0.378 e. The Hall–Kier alpha value is -3.33. The van der Waals surface area contributed by atoms with E-state index < -0.39 is 16.8 Å². The Morgan fingerprint density at radius 3 is 2.44 bits per heavy atom. The molecule has 0 saturated carbocycles. The van der Waals surface area contributed by atoms with E-state index in [0.717, 1.165) is 28.6 Å². The van der Waals surface area contributed by atoms with Crippen LogP contribution in [0.4, 0.5) is 0 Å². The minimum atomic E-state index is -1.46. The number of nitrogens with zero attached hydrogens (tertiary/aromatic N) is 2. The van der Waals surface area contributed by atoms with Crippen molar-refractivity contribution in [3.05, 3.63) is 107 Å². The van der Waals surface area contributed by atoms with Gasteiger partial charge in [-0.2, -0.15) is 5.21 Å². The molecule has 7 nitrogen and oxygen atoms in total. The van der Waals surface area contributed by atoms with Crippen LogP contribution in [0, 0.1) is 0 Å². The predicted molar refractivity (Wildman–Crippen MR) is 137 cm³/mol. The number of para-hydroxylation sites is 1. The lowest BCUT2D eigenvalue weighted by Crippen LogP contribution is -2.51. The zero-order valence-corrected chi connectivity index (χ0v) is 20.7. The Kier molecular flexibility index (Phi) is 8.30. The number of carbonyl (C=O) groups is 1. The van der Waals surface area contributed by atoms with E-state index in [9.17, 15) is 10.0 Å². The average molecular weight is 506 g/mol. The summed E-state index contributed by atoms with van der Waals surface area (Å²) in [4.78, 5) is 19.9. The molecule has 1 radical (unpaired) electrons. The van der Waals surface area contributed by atoms with E-state index >= 15 is 0 Å². The number of ether oxygens (including phenoxy) is 1. The number of benzene rings is 3. The lowest BCUT2D eigenvalue weighted by molar-refractivity contribution is -1.21. The Morgan fingerprint density at radius 2 is 1.75 bits per heavy atom. The summed E-state index contributed by atoms with van der Waals surface area (Å²) >= 11 is 5.96. The molecule has 0 bridgehead atoms. The van der Waals surface area contributed by atoms with Crippen LogP contribution in [0.25, 0.3) is 10.9 Å². The monoisotopic (exact) mass is 505 g/mol. The zero-order valence-electron chi connectivity index (χ0n) is 19.9. The molecule has 2 atom stereocenters. The van der Waals surface area contributed by atoms with Crippen LogP contribution >= 0.6 is 11.6 Å². The maximum Gasteiger partial charge on any atom is 0.378 e. The van der Waals surface area contributed by atoms with Crippen molar-refractivity contribution < 1.29 is 24.5 Å². The van der Waals surface area contributed by atoms with Gasteiger partial charge in [0.05, 0.1) is 18.1 Å². The van der Waals surface area contributed by atoms with E-state index in [2.05, 4.69) is 9.92 Å². The standard InChI is InChI=1S/C28H28ClN3O4/c1-20(33)32(34,36-30)28(8-4-5-21-9-14-24(29)15-10-21)23-12-17-26(18-13-23)35-19-25-16-11-22-6-2-3-7-27(22)31-25/h2-3,6-7,9-18,28,30,34H,4-5,8,19H2,1H3/q+1. The molecule has 1 aromatic heterocycles. The number of carbonyl (C=O) groups excluding carboxylic acids is 1. The highest BCUT2D eigenvalue weighted by atomic mass is 35.5. The summed E-state index contributed by atoms with van der Waals surface area (Å²) in [5, 5.41) is 12.6. The number of nitrogens with one attached hydrogen (secondary N) is 1. The molecule has 3 aromatic carbocycles. The zero-order chi connectivity index (χ0) is 25.5. The molecular weight excluding hydrogens is 478 g/mol. The van der Waals surface area contributed by atoms with Crippen LogP contribution in [-0.4, -0.2) is 20.9 Å². The third-order valence-electron chi connectivity index (χ3n) is 6.18. The average Bonchev–Trinajstić information content (AvgIpc) is 2.90. The number of quaternary nitrogens is 1. The Labute approximate surface area is 215 Å². The van der Waals surface area contributed by atoms with Gasteiger partial charge in [0, 0.05) is 27.2 Å². The number of aromatic nitrogens is 1. The van der Waals surface area contributed by atoms with Crippen LogP contribution in [0.15, 0.2) is 84.9 Å². The van der Waals surface area contributed by atoms with Gasteiger partial charge in [0.2, 0.25) is 0 Å². The summed E-state index contributed by atoms with van der Waals surface area (Å²) in [6, 6.07) is 25.7. The molecule has 4 aromatic rings. The van der Waals surface area contributed by atoms with Crippen LogP contribution < -0.4 is 10.6 Å². The summed E-state index contributed by atoms with van der Waals surface area (Å²) in [5.41, 5.74) is 3.47. The van der Waals surface area contributed by atoms with Gasteiger partial charge in [0.1, 0.15) is 12.4 Å². The maximum absolute atomic E-state index is 12.2. The molecule has 185 valence electrons. The van der Waals surface area contributed by atoms with E-state index in [1.807, 2.05) is 60.7 Å². The van der Waals surface area contributed by atoms with Crippen LogP contribution in [-0.2, 0) is 22.8 Å². The number of halogens is 1. The van der Waals surface area contributed by atoms with Gasteiger partial charge in [0.15, 0.2) is 6.04 Å². The molecule has 1 amide bonds. The lowest BCUT2D eigenvalue weighted by atomic mass is 9.98. The normalized spacial score (nSPS) is 13.8. The highest BCUT2D eigenvalue weighted by molar-refractivity contribution is 6.30. The number of pyridine rings is 1. The Bertz CT molecular complexity index is 1310. The van der Waals surface area contributed by atoms with Crippen molar-refractivity contribution in [2.24, 2.45) is 0 Å². The van der Waals surface area contributed by atoms with Gasteiger partial charge < -0.3 is 4.74 Å². The van der Waals surface area contributed by atoms with Crippen molar-refractivity contribution in [1.29, 1.82) is 0 Å². The van der Waals surface area contributed by atoms with Gasteiger partial charge >= 0.3 is 5.91 Å². The largest absolute Gasteiger partial charge is 0.487 e. The number of aryl methyl sites for hydroxylation is 1. The first kappa shape index (κ1) is 25.8. The topological polar surface area (TPSA) is 92.5 Å². The first-order valence-electron chi connectivity index (χ1n) is 11.7. The highest BCUT2D eigenvalue weighted by Gasteiger charge is 2.45. The molecule has 0 aliphatic heterocycles. The minimum Gasteiger partial charge on any atom is -0.487 e. The van der Waals surface area contributed by atoms with Crippen molar-refractivity contribution >= 4 is 28.4 Å². The van der Waals surface area contributed by atoms with Crippen molar-refractivity contribution in [3.8, 4) is 5.75 Å². The molecule has 0 aliphatic rings. The molecule has 0 saturated heterocycles. The number of hydrogen-bond acceptors (Lipinski definition) is 5. The third-order valence-corrected chi connectivity index (χ3v) is 6.43. The third kappa shape index (κ3) is 6.07. The van der Waals surface area contributed by atoms with E-state index in [0.29, 0.717) is 35.8 Å². The van der Waals surface area contributed by atoms with E-state index in [1.54, 1.807) is 24.3 Å². The molecule has 8 heteroatoms. The van der Waals surface area contributed by atoms with E-state index in [1.165, 1.54) is 6.92 Å². The number of hydroxylamine groups is 4. The van der Waals surface area contributed by atoms with Gasteiger partial charge in [-0.05, 0) is 77.8 Å². The van der Waals surface area contributed by atoms with Gasteiger partial charge in [0.25, 0.3) is 0 Å². The summed E-state index contributed by atoms with van der Waals surface area (Å²) in [5.74, 6) is 7.35. The minimum absolute atomic E-state index is 0.304. The molecule has 1 heterocycles. The second kappa shape index (κ2) is 11.6. The molecule has 4 rings (SSSR count). The summed E-state index contributed by atoms with van der Waals surface area (Å²) in [7, 11) is 0. The molecular formula is C28H28ClN3O4+. The van der Waals surface area contributed by atoms with Gasteiger partial charge in [-0.1, -0.05) is 48.0 Å². The molecule has 0 aliphatic carbocycles. The Morgan fingerprint density at radius 1 is 1.03 bits per heavy atom. The SMILES string of the molecule is CC(=O)[N+](O)(O[NH])C(CCCc1ccc(Cl)cc1)c1ccc(OCc2ccc3ccccc3n2)cc1. The molecule has 2 unspecified atom stereocenters. The van der Waals surface area contributed by atoms with Crippen molar-refractivity contribution in [3.63, 3.8) is 0 Å². The number of rotatable bonds is 10. The van der Waals surface area contributed by atoms with Crippen molar-refractivity contribution in [1.82, 2.24) is 10.9 Å².